The monoisotopic (exact) mass is 374 g/mol. The van der Waals surface area contributed by atoms with Gasteiger partial charge in [-0.25, -0.2) is 0 Å². The van der Waals surface area contributed by atoms with Gasteiger partial charge in [0.1, 0.15) is 0 Å². The molecule has 2 aromatic carbocycles. The van der Waals surface area contributed by atoms with Crippen LogP contribution in [0.5, 0.6) is 0 Å². The molecule has 0 saturated carbocycles. The average molecular weight is 375 g/mol. The molecule has 1 heterocycles. The van der Waals surface area contributed by atoms with Gasteiger partial charge in [-0.05, 0) is 66.4 Å². The molecule has 0 spiro atoms. The van der Waals surface area contributed by atoms with Crippen molar-refractivity contribution in [3.63, 3.8) is 0 Å². The van der Waals surface area contributed by atoms with Gasteiger partial charge in [-0.3, -0.25) is 15.2 Å². The SMILES string of the molecule is CC(C)(C)c1ccc(N2NC(=O)C3=C(CCCC3)C2Cc2ccccc2)cc1. The van der Waals surface area contributed by atoms with Crippen molar-refractivity contribution in [3.8, 4) is 0 Å². The summed E-state index contributed by atoms with van der Waals surface area (Å²) in [6.07, 6.45) is 5.12. The number of hydrogen-bond donors (Lipinski definition) is 1. The molecule has 0 bridgehead atoms. The van der Waals surface area contributed by atoms with Gasteiger partial charge in [-0.2, -0.15) is 0 Å². The first-order valence-corrected chi connectivity index (χ1v) is 10.4. The molecule has 28 heavy (non-hydrogen) atoms. The molecule has 2 aromatic rings. The van der Waals surface area contributed by atoms with Crippen LogP contribution < -0.4 is 10.4 Å². The second-order valence-electron chi connectivity index (χ2n) is 9.02. The van der Waals surface area contributed by atoms with E-state index in [1.807, 2.05) is 0 Å². The molecule has 1 amide bonds. The summed E-state index contributed by atoms with van der Waals surface area (Å²) >= 11 is 0. The minimum Gasteiger partial charge on any atom is -0.278 e. The normalized spacial score (nSPS) is 20.0. The van der Waals surface area contributed by atoms with E-state index >= 15 is 0 Å². The third-order valence-corrected chi connectivity index (χ3v) is 6.00. The molecule has 4 rings (SSSR count). The number of rotatable bonds is 3. The molecule has 0 saturated heterocycles. The Hall–Kier alpha value is -2.55. The third-order valence-electron chi connectivity index (χ3n) is 6.00. The smallest absolute Gasteiger partial charge is 0.265 e. The van der Waals surface area contributed by atoms with Crippen LogP contribution in [0.2, 0.25) is 0 Å². The molecule has 3 heteroatoms. The molecule has 0 radical (unpaired) electrons. The van der Waals surface area contributed by atoms with Gasteiger partial charge in [-0.1, -0.05) is 63.2 Å². The van der Waals surface area contributed by atoms with Crippen molar-refractivity contribution in [1.29, 1.82) is 0 Å². The average Bonchev–Trinajstić information content (AvgIpc) is 2.70. The Labute approximate surface area is 168 Å². The van der Waals surface area contributed by atoms with E-state index in [1.165, 1.54) is 23.1 Å². The number of hydrazine groups is 1. The molecule has 1 unspecified atom stereocenters. The van der Waals surface area contributed by atoms with Crippen molar-refractivity contribution >= 4 is 11.6 Å². The highest BCUT2D eigenvalue weighted by Gasteiger charge is 2.35. The van der Waals surface area contributed by atoms with E-state index in [4.69, 9.17) is 0 Å². The van der Waals surface area contributed by atoms with E-state index in [0.717, 1.165) is 36.9 Å². The topological polar surface area (TPSA) is 32.3 Å². The maximum absolute atomic E-state index is 12.8. The summed E-state index contributed by atoms with van der Waals surface area (Å²) in [4.78, 5) is 12.8. The fourth-order valence-corrected chi connectivity index (χ4v) is 4.38. The minimum atomic E-state index is 0.0823. The second-order valence-corrected chi connectivity index (χ2v) is 9.02. The first-order chi connectivity index (χ1) is 13.4. The lowest BCUT2D eigenvalue weighted by Crippen LogP contribution is -2.55. The fraction of sp³-hybridized carbons (Fsp3) is 0.400. The highest BCUT2D eigenvalue weighted by molar-refractivity contribution is 5.97. The van der Waals surface area contributed by atoms with Gasteiger partial charge in [0.15, 0.2) is 0 Å². The van der Waals surface area contributed by atoms with Crippen LogP contribution in [-0.4, -0.2) is 11.9 Å². The zero-order valence-corrected chi connectivity index (χ0v) is 17.2. The molecule has 1 aliphatic heterocycles. The molecular formula is C25H30N2O. The summed E-state index contributed by atoms with van der Waals surface area (Å²) in [6, 6.07) is 19.4. The standard InChI is InChI=1S/C25H30N2O/c1-25(2,3)19-13-15-20(16-14-19)27-23(17-18-9-5-4-6-10-18)21-11-7-8-12-22(21)24(28)26-27/h4-6,9-10,13-16,23H,7-8,11-12,17H2,1-3H3,(H,26,28). The van der Waals surface area contributed by atoms with Gasteiger partial charge >= 0.3 is 0 Å². The third kappa shape index (κ3) is 3.71. The quantitative estimate of drug-likeness (QED) is 0.789. The number of carbonyl (C=O) groups is 1. The van der Waals surface area contributed by atoms with Crippen LogP contribution in [0.1, 0.15) is 57.6 Å². The van der Waals surface area contributed by atoms with Crippen LogP contribution in [0, 0.1) is 0 Å². The van der Waals surface area contributed by atoms with Crippen molar-refractivity contribution in [2.24, 2.45) is 0 Å². The maximum Gasteiger partial charge on any atom is 0.265 e. The highest BCUT2D eigenvalue weighted by Crippen LogP contribution is 2.36. The largest absolute Gasteiger partial charge is 0.278 e. The van der Waals surface area contributed by atoms with Crippen LogP contribution in [0.25, 0.3) is 0 Å². The molecule has 0 fully saturated rings. The van der Waals surface area contributed by atoms with Crippen LogP contribution >= 0.6 is 0 Å². The summed E-state index contributed by atoms with van der Waals surface area (Å²) < 4.78 is 0. The zero-order valence-electron chi connectivity index (χ0n) is 17.2. The molecular weight excluding hydrogens is 344 g/mol. The summed E-state index contributed by atoms with van der Waals surface area (Å²) in [5, 5.41) is 2.10. The van der Waals surface area contributed by atoms with Crippen molar-refractivity contribution in [1.82, 2.24) is 5.43 Å². The lowest BCUT2D eigenvalue weighted by Gasteiger charge is -2.42. The first-order valence-electron chi connectivity index (χ1n) is 10.4. The lowest BCUT2D eigenvalue weighted by atomic mass is 9.82. The van der Waals surface area contributed by atoms with Gasteiger partial charge in [0.25, 0.3) is 5.91 Å². The lowest BCUT2D eigenvalue weighted by molar-refractivity contribution is -0.118. The van der Waals surface area contributed by atoms with E-state index < -0.39 is 0 Å². The van der Waals surface area contributed by atoms with E-state index in [2.05, 4.69) is 85.8 Å². The van der Waals surface area contributed by atoms with Gasteiger partial charge in [0.05, 0.1) is 11.7 Å². The number of anilines is 1. The Morgan fingerprint density at radius 2 is 1.64 bits per heavy atom. The summed E-state index contributed by atoms with van der Waals surface area (Å²) in [6.45, 7) is 6.67. The van der Waals surface area contributed by atoms with Crippen molar-refractivity contribution in [2.75, 3.05) is 5.01 Å². The molecule has 1 aliphatic carbocycles. The molecule has 146 valence electrons. The number of carbonyl (C=O) groups excluding carboxylic acids is 1. The Morgan fingerprint density at radius 3 is 2.32 bits per heavy atom. The zero-order chi connectivity index (χ0) is 19.7. The van der Waals surface area contributed by atoms with E-state index in [0.29, 0.717) is 0 Å². The Bertz CT molecular complexity index is 875. The number of nitrogens with one attached hydrogen (secondary N) is 1. The van der Waals surface area contributed by atoms with Crippen LogP contribution in [0.4, 0.5) is 5.69 Å². The Morgan fingerprint density at radius 1 is 0.964 bits per heavy atom. The molecule has 0 aromatic heterocycles. The van der Waals surface area contributed by atoms with Crippen molar-refractivity contribution < 1.29 is 4.79 Å². The predicted molar refractivity (Wildman–Crippen MR) is 115 cm³/mol. The van der Waals surface area contributed by atoms with E-state index in [9.17, 15) is 4.79 Å². The van der Waals surface area contributed by atoms with Gasteiger partial charge in [0.2, 0.25) is 0 Å². The second kappa shape index (κ2) is 7.46. The van der Waals surface area contributed by atoms with E-state index in [1.54, 1.807) is 0 Å². The fourth-order valence-electron chi connectivity index (χ4n) is 4.38. The van der Waals surface area contributed by atoms with Crippen LogP contribution in [-0.2, 0) is 16.6 Å². The van der Waals surface area contributed by atoms with Crippen LogP contribution in [0.15, 0.2) is 65.7 Å². The Kier molecular flexibility index (Phi) is 5.01. The van der Waals surface area contributed by atoms with Crippen molar-refractivity contribution in [3.05, 3.63) is 76.9 Å². The Balaban J connectivity index is 1.71. The first kappa shape index (κ1) is 18.8. The maximum atomic E-state index is 12.8. The summed E-state index contributed by atoms with van der Waals surface area (Å²) in [5.41, 5.74) is 9.33. The number of nitrogens with zero attached hydrogens (tertiary/aromatic N) is 1. The molecule has 1 N–H and O–H groups in total. The summed E-state index contributed by atoms with van der Waals surface area (Å²) in [7, 11) is 0. The molecule has 3 nitrogen and oxygen atoms in total. The number of hydrogen-bond acceptors (Lipinski definition) is 2. The van der Waals surface area contributed by atoms with Gasteiger partial charge in [0, 0.05) is 5.57 Å². The van der Waals surface area contributed by atoms with Crippen molar-refractivity contribution in [2.45, 2.75) is 64.3 Å². The van der Waals surface area contributed by atoms with Crippen LogP contribution in [0.3, 0.4) is 0 Å². The number of amides is 1. The minimum absolute atomic E-state index is 0.0823. The number of benzene rings is 2. The predicted octanol–water partition coefficient (Wildman–Crippen LogP) is 5.32. The van der Waals surface area contributed by atoms with Gasteiger partial charge in [-0.15, -0.1) is 0 Å². The van der Waals surface area contributed by atoms with Gasteiger partial charge < -0.3 is 0 Å². The highest BCUT2D eigenvalue weighted by atomic mass is 16.2. The molecule has 2 aliphatic rings. The summed E-state index contributed by atoms with van der Waals surface area (Å²) in [5.74, 6) is 0.0823. The molecule has 1 atom stereocenters. The van der Waals surface area contributed by atoms with E-state index in [-0.39, 0.29) is 17.4 Å².